The molecule has 1 aliphatic heterocycles. The van der Waals surface area contributed by atoms with E-state index in [1.165, 1.54) is 6.07 Å². The molecule has 0 spiro atoms. The average Bonchev–Trinajstić information content (AvgIpc) is 3.09. The number of ether oxygens (including phenoxy) is 1. The molecule has 1 fully saturated rings. The molecule has 3 aromatic carbocycles. The number of nitrogens with zero attached hydrogens (tertiary/aromatic N) is 4. The SMILES string of the molecule is COc1ccc(N(Cc2ccnc(-c3ccc(F)c(F)c3)c2)C2CCN(Cc3ccnc(-c4ccc(C(C)C)c(F)c4)c3)CC2)cc1. The number of methoxy groups -OCH3 is 1. The molecule has 0 bridgehead atoms. The van der Waals surface area contributed by atoms with Crippen molar-refractivity contribution in [2.24, 2.45) is 0 Å². The normalized spacial score (nSPS) is 14.0. The number of piperidine rings is 1. The molecular formula is C39H39F3N4O. The summed E-state index contributed by atoms with van der Waals surface area (Å²) in [5.41, 5.74) is 6.67. The summed E-state index contributed by atoms with van der Waals surface area (Å²) in [6.07, 6.45) is 5.46. The van der Waals surface area contributed by atoms with Crippen molar-refractivity contribution in [2.75, 3.05) is 25.1 Å². The van der Waals surface area contributed by atoms with Crippen LogP contribution in [0.4, 0.5) is 18.9 Å². The maximum absolute atomic E-state index is 14.7. The Balaban J connectivity index is 1.16. The minimum absolute atomic E-state index is 0.126. The van der Waals surface area contributed by atoms with Gasteiger partial charge in [-0.3, -0.25) is 14.9 Å². The van der Waals surface area contributed by atoms with E-state index in [9.17, 15) is 13.2 Å². The third-order valence-electron chi connectivity index (χ3n) is 8.94. The van der Waals surface area contributed by atoms with Crippen LogP contribution >= 0.6 is 0 Å². The Hall–Kier alpha value is -4.69. The molecule has 0 atom stereocenters. The first-order valence-electron chi connectivity index (χ1n) is 16.1. The first kappa shape index (κ1) is 32.3. The molecule has 5 aromatic rings. The van der Waals surface area contributed by atoms with E-state index in [-0.39, 0.29) is 17.8 Å². The van der Waals surface area contributed by atoms with Gasteiger partial charge in [-0.05, 0) is 108 Å². The maximum atomic E-state index is 14.7. The molecule has 0 saturated carbocycles. The summed E-state index contributed by atoms with van der Waals surface area (Å²) in [6.45, 7) is 7.25. The van der Waals surface area contributed by atoms with Crippen molar-refractivity contribution in [3.63, 3.8) is 0 Å². The highest BCUT2D eigenvalue weighted by molar-refractivity contribution is 5.61. The lowest BCUT2D eigenvalue weighted by molar-refractivity contribution is 0.201. The van der Waals surface area contributed by atoms with Crippen molar-refractivity contribution in [3.8, 4) is 28.3 Å². The van der Waals surface area contributed by atoms with E-state index >= 15 is 0 Å². The topological polar surface area (TPSA) is 41.5 Å². The number of anilines is 1. The van der Waals surface area contributed by atoms with Crippen LogP contribution in [0.2, 0.25) is 0 Å². The molecule has 1 aliphatic rings. The summed E-state index contributed by atoms with van der Waals surface area (Å²) in [6, 6.07) is 25.7. The Morgan fingerprint density at radius 1 is 0.745 bits per heavy atom. The summed E-state index contributed by atoms with van der Waals surface area (Å²) >= 11 is 0. The third kappa shape index (κ3) is 7.66. The van der Waals surface area contributed by atoms with Gasteiger partial charge in [0.15, 0.2) is 11.6 Å². The first-order chi connectivity index (χ1) is 22.8. The number of pyridine rings is 2. The average molecular weight is 637 g/mol. The van der Waals surface area contributed by atoms with Crippen molar-refractivity contribution in [2.45, 2.75) is 51.7 Å². The van der Waals surface area contributed by atoms with Crippen molar-refractivity contribution in [1.29, 1.82) is 0 Å². The Labute approximate surface area is 274 Å². The fraction of sp³-hybridized carbons (Fsp3) is 0.282. The minimum Gasteiger partial charge on any atom is -0.497 e. The smallest absolute Gasteiger partial charge is 0.159 e. The second kappa shape index (κ2) is 14.4. The summed E-state index contributed by atoms with van der Waals surface area (Å²) in [5, 5.41) is 0. The van der Waals surface area contributed by atoms with Crippen LogP contribution in [0.5, 0.6) is 5.75 Å². The summed E-state index contributed by atoms with van der Waals surface area (Å²) in [5.74, 6) is -1.04. The highest BCUT2D eigenvalue weighted by Crippen LogP contribution is 2.30. The molecule has 0 amide bonds. The second-order valence-electron chi connectivity index (χ2n) is 12.5. The largest absolute Gasteiger partial charge is 0.497 e. The zero-order valence-electron chi connectivity index (χ0n) is 27.0. The number of rotatable bonds is 10. The van der Waals surface area contributed by atoms with Gasteiger partial charge in [-0.15, -0.1) is 0 Å². The lowest BCUT2D eigenvalue weighted by Crippen LogP contribution is -2.44. The highest BCUT2D eigenvalue weighted by Gasteiger charge is 2.26. The molecule has 1 saturated heterocycles. The predicted molar refractivity (Wildman–Crippen MR) is 181 cm³/mol. The van der Waals surface area contributed by atoms with E-state index in [0.717, 1.165) is 72.4 Å². The fourth-order valence-electron chi connectivity index (χ4n) is 6.32. The third-order valence-corrected chi connectivity index (χ3v) is 8.94. The van der Waals surface area contributed by atoms with Crippen molar-refractivity contribution < 1.29 is 17.9 Å². The molecule has 0 N–H and O–H groups in total. The van der Waals surface area contributed by atoms with E-state index in [4.69, 9.17) is 4.74 Å². The van der Waals surface area contributed by atoms with Gasteiger partial charge in [0.1, 0.15) is 11.6 Å². The first-order valence-corrected chi connectivity index (χ1v) is 16.1. The second-order valence-corrected chi connectivity index (χ2v) is 12.5. The molecule has 242 valence electrons. The summed E-state index contributed by atoms with van der Waals surface area (Å²) in [4.78, 5) is 13.8. The molecular weight excluding hydrogens is 597 g/mol. The van der Waals surface area contributed by atoms with E-state index < -0.39 is 11.6 Å². The maximum Gasteiger partial charge on any atom is 0.159 e. The number of hydrogen-bond donors (Lipinski definition) is 0. The van der Waals surface area contributed by atoms with Crippen LogP contribution in [0.15, 0.2) is 97.3 Å². The summed E-state index contributed by atoms with van der Waals surface area (Å²) in [7, 11) is 1.66. The number of halogens is 3. The van der Waals surface area contributed by atoms with Crippen molar-refractivity contribution in [1.82, 2.24) is 14.9 Å². The molecule has 5 nitrogen and oxygen atoms in total. The molecule has 2 aromatic heterocycles. The minimum atomic E-state index is -0.890. The van der Waals surface area contributed by atoms with Gasteiger partial charge in [0.2, 0.25) is 0 Å². The lowest BCUT2D eigenvalue weighted by atomic mass is 9.99. The van der Waals surface area contributed by atoms with E-state index in [2.05, 4.69) is 38.0 Å². The van der Waals surface area contributed by atoms with E-state index in [1.54, 1.807) is 31.6 Å². The van der Waals surface area contributed by atoms with Gasteiger partial charge in [-0.25, -0.2) is 13.2 Å². The van der Waals surface area contributed by atoms with Gasteiger partial charge in [0, 0.05) is 61.4 Å². The summed E-state index contributed by atoms with van der Waals surface area (Å²) < 4.78 is 47.7. The Morgan fingerprint density at radius 2 is 1.36 bits per heavy atom. The van der Waals surface area contributed by atoms with Crippen molar-refractivity contribution >= 4 is 5.69 Å². The van der Waals surface area contributed by atoms with Crippen molar-refractivity contribution in [3.05, 3.63) is 131 Å². The van der Waals surface area contributed by atoms with Crippen LogP contribution in [0.3, 0.4) is 0 Å². The van der Waals surface area contributed by atoms with Crippen LogP contribution in [0.25, 0.3) is 22.5 Å². The Bertz CT molecular complexity index is 1820. The molecule has 8 heteroatoms. The Kier molecular flexibility index (Phi) is 9.87. The number of hydrogen-bond acceptors (Lipinski definition) is 5. The van der Waals surface area contributed by atoms with Crippen LogP contribution in [0, 0.1) is 17.5 Å². The van der Waals surface area contributed by atoms with Gasteiger partial charge in [0.25, 0.3) is 0 Å². The highest BCUT2D eigenvalue weighted by atomic mass is 19.2. The van der Waals surface area contributed by atoms with Crippen LogP contribution in [-0.4, -0.2) is 41.1 Å². The standard InChI is InChI=1S/C39H39F3N4O/c1-26(2)34-10-4-29(22-36(34)41)38-20-27(12-16-43-38)24-45-18-14-32(15-19-45)46(31-6-8-33(47-3)9-7-31)25-28-13-17-44-39(21-28)30-5-11-35(40)37(42)23-30/h4-13,16-17,20-23,26,32H,14-15,18-19,24-25H2,1-3H3. The molecule has 0 unspecified atom stereocenters. The monoisotopic (exact) mass is 636 g/mol. The van der Waals surface area contributed by atoms with Gasteiger partial charge in [-0.1, -0.05) is 26.0 Å². The van der Waals surface area contributed by atoms with Crippen LogP contribution in [0.1, 0.15) is 49.3 Å². The zero-order valence-corrected chi connectivity index (χ0v) is 27.0. The molecule has 3 heterocycles. The number of benzene rings is 3. The van der Waals surface area contributed by atoms with Gasteiger partial charge >= 0.3 is 0 Å². The van der Waals surface area contributed by atoms with Crippen LogP contribution < -0.4 is 9.64 Å². The van der Waals surface area contributed by atoms with E-state index in [1.807, 2.05) is 56.3 Å². The Morgan fingerprint density at radius 3 is 1.98 bits per heavy atom. The quantitative estimate of drug-likeness (QED) is 0.153. The molecule has 6 rings (SSSR count). The predicted octanol–water partition coefficient (Wildman–Crippen LogP) is 9.03. The van der Waals surface area contributed by atoms with E-state index in [0.29, 0.717) is 23.4 Å². The number of aromatic nitrogens is 2. The van der Waals surface area contributed by atoms with Gasteiger partial charge in [0.05, 0.1) is 18.5 Å². The molecule has 0 aliphatic carbocycles. The zero-order chi connectivity index (χ0) is 32.9. The fourth-order valence-corrected chi connectivity index (χ4v) is 6.32. The number of likely N-dealkylation sites (tertiary alicyclic amines) is 1. The van der Waals surface area contributed by atoms with Gasteiger partial charge in [-0.2, -0.15) is 0 Å². The molecule has 0 radical (unpaired) electrons. The van der Waals surface area contributed by atoms with Crippen LogP contribution in [-0.2, 0) is 13.1 Å². The molecule has 47 heavy (non-hydrogen) atoms. The van der Waals surface area contributed by atoms with Gasteiger partial charge < -0.3 is 9.64 Å². The lowest BCUT2D eigenvalue weighted by Gasteiger charge is -2.40.